The standard InChI is InChI=1S/C18H25N3O4/c1-2-3-6-21-13-14(12-16(21)22)17(23)19-7-9-20(10-8-19)18(24)15-5-4-11-25-15/h4-5,11,14H,2-3,6-10,12-13H2,1H3/t14-/m0/s1. The van der Waals surface area contributed by atoms with Gasteiger partial charge in [-0.1, -0.05) is 13.3 Å². The van der Waals surface area contributed by atoms with Gasteiger partial charge in [0.2, 0.25) is 11.8 Å². The van der Waals surface area contributed by atoms with E-state index >= 15 is 0 Å². The first-order valence-corrected chi connectivity index (χ1v) is 8.99. The molecule has 7 heteroatoms. The van der Waals surface area contributed by atoms with Crippen LogP contribution < -0.4 is 0 Å². The van der Waals surface area contributed by atoms with Crippen LogP contribution in [0, 0.1) is 5.92 Å². The zero-order chi connectivity index (χ0) is 17.8. The number of carbonyl (C=O) groups is 3. The zero-order valence-electron chi connectivity index (χ0n) is 14.6. The largest absolute Gasteiger partial charge is 0.459 e. The summed E-state index contributed by atoms with van der Waals surface area (Å²) in [6, 6.07) is 3.34. The predicted octanol–water partition coefficient (Wildman–Crippen LogP) is 1.21. The molecule has 2 saturated heterocycles. The predicted molar refractivity (Wildman–Crippen MR) is 90.8 cm³/mol. The fourth-order valence-electron chi connectivity index (χ4n) is 3.45. The van der Waals surface area contributed by atoms with Crippen LogP contribution in [0.5, 0.6) is 0 Å². The molecule has 0 saturated carbocycles. The molecule has 0 bridgehead atoms. The molecule has 3 rings (SSSR count). The minimum absolute atomic E-state index is 0.0393. The summed E-state index contributed by atoms with van der Waals surface area (Å²) in [5, 5.41) is 0. The molecule has 3 amide bonds. The van der Waals surface area contributed by atoms with Crippen LogP contribution >= 0.6 is 0 Å². The summed E-state index contributed by atoms with van der Waals surface area (Å²) in [5.41, 5.74) is 0. The Morgan fingerprint density at radius 3 is 2.56 bits per heavy atom. The number of rotatable bonds is 5. The summed E-state index contributed by atoms with van der Waals surface area (Å²) < 4.78 is 5.15. The van der Waals surface area contributed by atoms with Crippen LogP contribution in [0.3, 0.4) is 0 Å². The average Bonchev–Trinajstić information content (AvgIpc) is 3.29. The van der Waals surface area contributed by atoms with Gasteiger partial charge in [-0.2, -0.15) is 0 Å². The summed E-state index contributed by atoms with van der Waals surface area (Å²) in [6.45, 7) is 5.35. The number of furan rings is 1. The number of nitrogens with zero attached hydrogens (tertiary/aromatic N) is 3. The molecule has 0 unspecified atom stereocenters. The number of hydrogen-bond donors (Lipinski definition) is 0. The molecule has 136 valence electrons. The Kier molecular flexibility index (Phi) is 5.40. The van der Waals surface area contributed by atoms with Gasteiger partial charge in [-0.25, -0.2) is 0 Å². The van der Waals surface area contributed by atoms with Gasteiger partial charge in [0.05, 0.1) is 12.2 Å². The number of amides is 3. The highest BCUT2D eigenvalue weighted by Crippen LogP contribution is 2.21. The molecule has 7 nitrogen and oxygen atoms in total. The number of likely N-dealkylation sites (tertiary alicyclic amines) is 1. The van der Waals surface area contributed by atoms with Crippen LogP contribution in [0.1, 0.15) is 36.7 Å². The number of hydrogen-bond acceptors (Lipinski definition) is 4. The molecule has 1 aromatic heterocycles. The third-order valence-electron chi connectivity index (χ3n) is 4.96. The molecule has 0 aromatic carbocycles. The van der Waals surface area contributed by atoms with E-state index in [0.717, 1.165) is 19.4 Å². The molecule has 3 heterocycles. The first-order valence-electron chi connectivity index (χ1n) is 8.99. The van der Waals surface area contributed by atoms with Crippen molar-refractivity contribution >= 4 is 17.7 Å². The fraction of sp³-hybridized carbons (Fsp3) is 0.611. The van der Waals surface area contributed by atoms with E-state index < -0.39 is 0 Å². The van der Waals surface area contributed by atoms with Gasteiger partial charge in [-0.05, 0) is 18.6 Å². The Morgan fingerprint density at radius 2 is 1.92 bits per heavy atom. The summed E-state index contributed by atoms with van der Waals surface area (Å²) in [4.78, 5) is 42.3. The lowest BCUT2D eigenvalue weighted by Gasteiger charge is -2.35. The maximum atomic E-state index is 12.7. The van der Waals surface area contributed by atoms with Gasteiger partial charge in [0.25, 0.3) is 5.91 Å². The van der Waals surface area contributed by atoms with Gasteiger partial charge in [0, 0.05) is 45.7 Å². The molecular formula is C18H25N3O4. The van der Waals surface area contributed by atoms with Crippen molar-refractivity contribution < 1.29 is 18.8 Å². The fourth-order valence-corrected chi connectivity index (χ4v) is 3.45. The minimum Gasteiger partial charge on any atom is -0.459 e. The summed E-state index contributed by atoms with van der Waals surface area (Å²) in [6.07, 6.45) is 3.80. The molecule has 0 radical (unpaired) electrons. The van der Waals surface area contributed by atoms with E-state index in [-0.39, 0.29) is 23.6 Å². The van der Waals surface area contributed by atoms with Crippen LogP contribution in [0.15, 0.2) is 22.8 Å². The van der Waals surface area contributed by atoms with Gasteiger partial charge in [0.15, 0.2) is 5.76 Å². The van der Waals surface area contributed by atoms with Crippen molar-refractivity contribution in [2.45, 2.75) is 26.2 Å². The van der Waals surface area contributed by atoms with Crippen molar-refractivity contribution in [1.29, 1.82) is 0 Å². The van der Waals surface area contributed by atoms with Crippen LogP contribution in [0.2, 0.25) is 0 Å². The molecule has 1 atom stereocenters. The SMILES string of the molecule is CCCCN1C[C@@H](C(=O)N2CCN(C(=O)c3ccco3)CC2)CC1=O. The lowest BCUT2D eigenvalue weighted by molar-refractivity contribution is -0.137. The van der Waals surface area contributed by atoms with Crippen LogP contribution in [-0.4, -0.2) is 71.7 Å². The Morgan fingerprint density at radius 1 is 1.20 bits per heavy atom. The second-order valence-electron chi connectivity index (χ2n) is 6.69. The summed E-state index contributed by atoms with van der Waals surface area (Å²) >= 11 is 0. The molecule has 0 N–H and O–H groups in total. The topological polar surface area (TPSA) is 74.1 Å². The molecule has 1 aromatic rings. The second kappa shape index (κ2) is 7.72. The van der Waals surface area contributed by atoms with Gasteiger partial charge >= 0.3 is 0 Å². The lowest BCUT2D eigenvalue weighted by atomic mass is 10.1. The molecule has 2 aliphatic heterocycles. The quantitative estimate of drug-likeness (QED) is 0.802. The van der Waals surface area contributed by atoms with E-state index in [1.54, 1.807) is 21.9 Å². The van der Waals surface area contributed by atoms with Gasteiger partial charge < -0.3 is 19.1 Å². The zero-order valence-corrected chi connectivity index (χ0v) is 14.6. The van der Waals surface area contributed by atoms with E-state index in [9.17, 15) is 14.4 Å². The lowest BCUT2D eigenvalue weighted by Crippen LogP contribution is -2.52. The minimum atomic E-state index is -0.239. The van der Waals surface area contributed by atoms with Gasteiger partial charge in [0.1, 0.15) is 0 Å². The van der Waals surface area contributed by atoms with Crippen LogP contribution in [-0.2, 0) is 9.59 Å². The Bertz CT molecular complexity index is 620. The van der Waals surface area contributed by atoms with Gasteiger partial charge in [-0.3, -0.25) is 14.4 Å². The first-order chi connectivity index (χ1) is 12.1. The Balaban J connectivity index is 1.50. The van der Waals surface area contributed by atoms with Crippen molar-refractivity contribution in [3.63, 3.8) is 0 Å². The Hall–Kier alpha value is -2.31. The van der Waals surface area contributed by atoms with Crippen molar-refractivity contribution in [2.75, 3.05) is 39.3 Å². The number of piperazine rings is 1. The number of carbonyl (C=O) groups excluding carboxylic acids is 3. The monoisotopic (exact) mass is 347 g/mol. The second-order valence-corrected chi connectivity index (χ2v) is 6.69. The van der Waals surface area contributed by atoms with E-state index in [1.165, 1.54) is 6.26 Å². The van der Waals surface area contributed by atoms with Crippen molar-refractivity contribution in [3.05, 3.63) is 24.2 Å². The highest BCUT2D eigenvalue weighted by molar-refractivity contribution is 5.92. The summed E-state index contributed by atoms with van der Waals surface area (Å²) in [5.74, 6) is 0.0687. The Labute approximate surface area is 147 Å². The maximum Gasteiger partial charge on any atom is 0.289 e. The van der Waals surface area contributed by atoms with Crippen molar-refractivity contribution in [3.8, 4) is 0 Å². The van der Waals surface area contributed by atoms with Crippen molar-refractivity contribution in [1.82, 2.24) is 14.7 Å². The molecule has 0 spiro atoms. The van der Waals surface area contributed by atoms with Crippen LogP contribution in [0.25, 0.3) is 0 Å². The highest BCUT2D eigenvalue weighted by atomic mass is 16.3. The third kappa shape index (κ3) is 3.86. The van der Waals surface area contributed by atoms with E-state index in [1.807, 2.05) is 4.90 Å². The van der Waals surface area contributed by atoms with E-state index in [0.29, 0.717) is 44.9 Å². The smallest absolute Gasteiger partial charge is 0.289 e. The maximum absolute atomic E-state index is 12.7. The van der Waals surface area contributed by atoms with E-state index in [4.69, 9.17) is 4.42 Å². The first kappa shape index (κ1) is 17.5. The average molecular weight is 347 g/mol. The molecule has 25 heavy (non-hydrogen) atoms. The normalized spacial score (nSPS) is 21.1. The van der Waals surface area contributed by atoms with Crippen molar-refractivity contribution in [2.24, 2.45) is 5.92 Å². The van der Waals surface area contributed by atoms with Crippen LogP contribution in [0.4, 0.5) is 0 Å². The third-order valence-corrected chi connectivity index (χ3v) is 4.96. The molecular weight excluding hydrogens is 322 g/mol. The molecule has 0 aliphatic carbocycles. The molecule has 2 aliphatic rings. The number of unbranched alkanes of at least 4 members (excludes halogenated alkanes) is 1. The molecule has 2 fully saturated rings. The highest BCUT2D eigenvalue weighted by Gasteiger charge is 2.37. The van der Waals surface area contributed by atoms with E-state index in [2.05, 4.69) is 6.92 Å². The summed E-state index contributed by atoms with van der Waals surface area (Å²) in [7, 11) is 0. The van der Waals surface area contributed by atoms with Gasteiger partial charge in [-0.15, -0.1) is 0 Å².